The third-order valence-electron chi connectivity index (χ3n) is 8.03. The molecular weight excluding hydrogens is 607 g/mol. The van der Waals surface area contributed by atoms with Crippen LogP contribution in [0.1, 0.15) is 60.0 Å². The van der Waals surface area contributed by atoms with E-state index in [9.17, 15) is 23.1 Å². The summed E-state index contributed by atoms with van der Waals surface area (Å²) in [6, 6.07) is 13.8. The normalized spacial score (nSPS) is 15.5. The van der Waals surface area contributed by atoms with Gasteiger partial charge in [-0.2, -0.15) is 13.2 Å². The standard InChI is InChI=1S/C34H35ClF3N3O4/c1-19-7-13-27(20(2)39-19)33(43,24-17-41(18-24)31(42)45-32(3,4)5)23-12-14-28-25(16-23)29(35)26(30(40-28)44-6)15-21-8-10-22(11-9-21)34(36,37)38/h7-14,16,24,43H,15,17-18H2,1-6H3. The maximum Gasteiger partial charge on any atom is 0.416 e. The lowest BCUT2D eigenvalue weighted by Crippen LogP contribution is -2.59. The zero-order valence-electron chi connectivity index (χ0n) is 25.9. The highest BCUT2D eigenvalue weighted by atomic mass is 35.5. The summed E-state index contributed by atoms with van der Waals surface area (Å²) in [4.78, 5) is 23.5. The highest BCUT2D eigenvalue weighted by Gasteiger charge is 2.49. The Hall–Kier alpha value is -3.89. The van der Waals surface area contributed by atoms with Gasteiger partial charge >= 0.3 is 12.3 Å². The van der Waals surface area contributed by atoms with Crippen LogP contribution >= 0.6 is 11.6 Å². The lowest BCUT2D eigenvalue weighted by molar-refractivity contribution is -0.137. The predicted octanol–water partition coefficient (Wildman–Crippen LogP) is 7.62. The summed E-state index contributed by atoms with van der Waals surface area (Å²) >= 11 is 6.99. The molecule has 4 aromatic rings. The van der Waals surface area contributed by atoms with Crippen LogP contribution in [0, 0.1) is 19.8 Å². The molecule has 1 aliphatic heterocycles. The van der Waals surface area contributed by atoms with E-state index in [4.69, 9.17) is 21.1 Å². The van der Waals surface area contributed by atoms with E-state index in [-0.39, 0.29) is 31.3 Å². The smallest absolute Gasteiger partial charge is 0.416 e. The summed E-state index contributed by atoms with van der Waals surface area (Å²) in [5.74, 6) is -0.136. The van der Waals surface area contributed by atoms with E-state index in [0.717, 1.165) is 17.8 Å². The van der Waals surface area contributed by atoms with Crippen LogP contribution < -0.4 is 4.74 Å². The van der Waals surface area contributed by atoms with Crippen molar-refractivity contribution in [2.45, 2.75) is 58.4 Å². The van der Waals surface area contributed by atoms with Crippen molar-refractivity contribution < 1.29 is 32.5 Å². The number of halogens is 4. The molecule has 1 saturated heterocycles. The molecule has 11 heteroatoms. The van der Waals surface area contributed by atoms with Gasteiger partial charge in [-0.3, -0.25) is 4.98 Å². The molecule has 5 rings (SSSR count). The number of pyridine rings is 2. The molecule has 7 nitrogen and oxygen atoms in total. The Kier molecular flexibility index (Phi) is 8.52. The van der Waals surface area contributed by atoms with Crippen LogP contribution in [0.5, 0.6) is 5.88 Å². The number of methoxy groups -OCH3 is 1. The maximum absolute atomic E-state index is 13.1. The molecule has 1 amide bonds. The number of aromatic nitrogens is 2. The van der Waals surface area contributed by atoms with Crippen LogP contribution in [0.4, 0.5) is 18.0 Å². The van der Waals surface area contributed by atoms with Crippen LogP contribution in [0.2, 0.25) is 5.02 Å². The molecule has 1 unspecified atom stereocenters. The van der Waals surface area contributed by atoms with Crippen molar-refractivity contribution >= 4 is 28.6 Å². The minimum absolute atomic E-state index is 0.173. The second-order valence-corrected chi connectivity index (χ2v) is 12.8. The number of likely N-dealkylation sites (tertiary alicyclic amines) is 1. The first-order valence-corrected chi connectivity index (χ1v) is 14.9. The number of aliphatic hydroxyl groups is 1. The number of aryl methyl sites for hydroxylation is 2. The maximum atomic E-state index is 13.1. The number of hydrogen-bond acceptors (Lipinski definition) is 6. The van der Waals surface area contributed by atoms with Crippen molar-refractivity contribution in [1.82, 2.24) is 14.9 Å². The second kappa shape index (κ2) is 11.8. The Morgan fingerprint density at radius 3 is 2.22 bits per heavy atom. The van der Waals surface area contributed by atoms with E-state index >= 15 is 0 Å². The summed E-state index contributed by atoms with van der Waals surface area (Å²) in [6.45, 7) is 9.61. The number of carbonyl (C=O) groups is 1. The molecule has 0 radical (unpaired) electrons. The fourth-order valence-electron chi connectivity index (χ4n) is 5.74. The van der Waals surface area contributed by atoms with Crippen LogP contribution in [0.15, 0.2) is 54.6 Å². The summed E-state index contributed by atoms with van der Waals surface area (Å²) in [7, 11) is 1.45. The van der Waals surface area contributed by atoms with Crippen LogP contribution in [-0.2, 0) is 22.9 Å². The molecule has 1 aliphatic rings. The lowest BCUT2D eigenvalue weighted by atomic mass is 9.71. The van der Waals surface area contributed by atoms with Gasteiger partial charge in [-0.15, -0.1) is 0 Å². The highest BCUT2D eigenvalue weighted by Crippen LogP contribution is 2.45. The first-order chi connectivity index (χ1) is 21.0. The molecule has 0 bridgehead atoms. The summed E-state index contributed by atoms with van der Waals surface area (Å²) in [5, 5.41) is 13.5. The molecule has 1 fully saturated rings. The molecular formula is C34H35ClF3N3O4. The number of ether oxygens (including phenoxy) is 2. The Balaban J connectivity index is 1.57. The van der Waals surface area contributed by atoms with Gasteiger partial charge in [0.05, 0.1) is 23.2 Å². The molecule has 1 N–H and O–H groups in total. The van der Waals surface area contributed by atoms with Crippen molar-refractivity contribution in [2.24, 2.45) is 5.92 Å². The minimum Gasteiger partial charge on any atom is -0.481 e. The molecule has 0 aliphatic carbocycles. The summed E-state index contributed by atoms with van der Waals surface area (Å²) in [5.41, 5.74) is 1.24. The van der Waals surface area contributed by atoms with Gasteiger partial charge < -0.3 is 19.5 Å². The molecule has 3 heterocycles. The van der Waals surface area contributed by atoms with Gasteiger partial charge in [0.2, 0.25) is 5.88 Å². The molecule has 2 aromatic carbocycles. The van der Waals surface area contributed by atoms with Crippen LogP contribution in [0.3, 0.4) is 0 Å². The van der Waals surface area contributed by atoms with E-state index in [2.05, 4.69) is 9.97 Å². The van der Waals surface area contributed by atoms with Crippen LogP contribution in [-0.4, -0.2) is 51.9 Å². The third kappa shape index (κ3) is 6.44. The number of alkyl halides is 3. The largest absolute Gasteiger partial charge is 0.481 e. The van der Waals surface area contributed by atoms with Gasteiger partial charge in [0.25, 0.3) is 0 Å². The zero-order chi connectivity index (χ0) is 32.9. The number of nitrogens with zero attached hydrogens (tertiary/aromatic N) is 3. The first-order valence-electron chi connectivity index (χ1n) is 14.5. The van der Waals surface area contributed by atoms with Gasteiger partial charge in [0, 0.05) is 53.3 Å². The number of hydrogen-bond donors (Lipinski definition) is 1. The van der Waals surface area contributed by atoms with Crippen molar-refractivity contribution in [3.8, 4) is 5.88 Å². The fourth-order valence-corrected chi connectivity index (χ4v) is 6.04. The van der Waals surface area contributed by atoms with Gasteiger partial charge in [0.1, 0.15) is 11.2 Å². The third-order valence-corrected chi connectivity index (χ3v) is 8.47. The minimum atomic E-state index is -4.44. The first kappa shape index (κ1) is 32.5. The zero-order valence-corrected chi connectivity index (χ0v) is 26.7. The average molecular weight is 642 g/mol. The quantitative estimate of drug-likeness (QED) is 0.233. The monoisotopic (exact) mass is 641 g/mol. The SMILES string of the molecule is COc1nc2ccc(C(O)(c3ccc(C)nc3C)C3CN(C(=O)OC(C)(C)C)C3)cc2c(Cl)c1Cc1ccc(C(F)(F)F)cc1. The van der Waals surface area contributed by atoms with Crippen molar-refractivity contribution in [2.75, 3.05) is 20.2 Å². The molecule has 2 aromatic heterocycles. The van der Waals surface area contributed by atoms with Gasteiger partial charge in [0.15, 0.2) is 0 Å². The second-order valence-electron chi connectivity index (χ2n) is 12.5. The molecule has 238 valence electrons. The van der Waals surface area contributed by atoms with E-state index < -0.39 is 29.0 Å². The van der Waals surface area contributed by atoms with Gasteiger partial charge in [-0.1, -0.05) is 35.9 Å². The van der Waals surface area contributed by atoms with E-state index in [1.807, 2.05) is 26.0 Å². The number of rotatable bonds is 6. The average Bonchev–Trinajstić information content (AvgIpc) is 2.92. The number of amides is 1. The van der Waals surface area contributed by atoms with Crippen molar-refractivity contribution in [1.29, 1.82) is 0 Å². The molecule has 45 heavy (non-hydrogen) atoms. The fraction of sp³-hybridized carbons (Fsp3) is 0.382. The summed E-state index contributed by atoms with van der Waals surface area (Å²) < 4.78 is 50.4. The van der Waals surface area contributed by atoms with Gasteiger partial charge in [-0.25, -0.2) is 9.78 Å². The Morgan fingerprint density at radius 1 is 1.00 bits per heavy atom. The predicted molar refractivity (Wildman–Crippen MR) is 166 cm³/mol. The number of benzene rings is 2. The Morgan fingerprint density at radius 2 is 1.64 bits per heavy atom. The highest BCUT2D eigenvalue weighted by molar-refractivity contribution is 6.36. The van der Waals surface area contributed by atoms with E-state index in [1.54, 1.807) is 43.9 Å². The van der Waals surface area contributed by atoms with Crippen molar-refractivity contribution in [3.05, 3.63) is 98.8 Å². The summed E-state index contributed by atoms with van der Waals surface area (Å²) in [6.07, 6.45) is -4.72. The molecule has 0 saturated carbocycles. The Bertz CT molecular complexity index is 1750. The van der Waals surface area contributed by atoms with E-state index in [0.29, 0.717) is 43.9 Å². The topological polar surface area (TPSA) is 84.8 Å². The van der Waals surface area contributed by atoms with Crippen LogP contribution in [0.25, 0.3) is 10.9 Å². The van der Waals surface area contributed by atoms with Gasteiger partial charge in [-0.05, 0) is 76.1 Å². The Labute approximate surface area is 265 Å². The van der Waals surface area contributed by atoms with E-state index in [1.165, 1.54) is 19.2 Å². The lowest BCUT2D eigenvalue weighted by Gasteiger charge is -2.48. The number of carbonyl (C=O) groups excluding carboxylic acids is 1. The molecule has 0 spiro atoms. The molecule has 1 atom stereocenters. The van der Waals surface area contributed by atoms with Crippen molar-refractivity contribution in [3.63, 3.8) is 0 Å². The number of fused-ring (bicyclic) bond motifs is 1.